The number of carbonyl (C=O) groups excluding carboxylic acids is 2. The molecule has 1 aliphatic rings. The second kappa shape index (κ2) is 4.88. The summed E-state index contributed by atoms with van der Waals surface area (Å²) in [6.07, 6.45) is 0. The topological polar surface area (TPSA) is 58.6 Å². The molecule has 1 aliphatic heterocycles. The van der Waals surface area contributed by atoms with Gasteiger partial charge in [-0.3, -0.25) is 9.59 Å². The van der Waals surface area contributed by atoms with E-state index < -0.39 is 11.6 Å². The Balaban J connectivity index is 2.87. The van der Waals surface area contributed by atoms with E-state index in [1.165, 1.54) is 0 Å². The minimum absolute atomic E-state index is 0.0350. The lowest BCUT2D eigenvalue weighted by molar-refractivity contribution is -0.150. The van der Waals surface area contributed by atoms with Gasteiger partial charge in [-0.25, -0.2) is 0 Å². The Labute approximate surface area is 109 Å². The van der Waals surface area contributed by atoms with Gasteiger partial charge in [-0.15, -0.1) is 0 Å². The first kappa shape index (κ1) is 15.0. The maximum atomic E-state index is 12.4. The maximum Gasteiger partial charge on any atom is 0.246 e. The molecule has 1 fully saturated rings. The summed E-state index contributed by atoms with van der Waals surface area (Å²) in [7, 11) is 1.61. The monoisotopic (exact) mass is 256 g/mol. The minimum atomic E-state index is -0.466. The van der Waals surface area contributed by atoms with Crippen LogP contribution in [0.25, 0.3) is 0 Å². The molecule has 0 saturated carbocycles. The molecule has 1 N–H and O–H groups in total. The summed E-state index contributed by atoms with van der Waals surface area (Å²) in [6, 6.07) is -0.466. The lowest BCUT2D eigenvalue weighted by atomic mass is 9.84. The smallest absolute Gasteiger partial charge is 0.246 e. The zero-order chi connectivity index (χ0) is 14.1. The summed E-state index contributed by atoms with van der Waals surface area (Å²) in [6.45, 7) is 10.2. The van der Waals surface area contributed by atoms with Gasteiger partial charge in [0, 0.05) is 13.7 Å². The van der Waals surface area contributed by atoms with Crippen molar-refractivity contribution in [2.45, 2.75) is 46.3 Å². The number of nitrogens with zero attached hydrogens (tertiary/aromatic N) is 1. The highest BCUT2D eigenvalue weighted by Crippen LogP contribution is 2.24. The molecule has 0 bridgehead atoms. The molecule has 5 nitrogen and oxygen atoms in total. The average Bonchev–Trinajstić information content (AvgIpc) is 2.21. The van der Waals surface area contributed by atoms with Gasteiger partial charge in [0.1, 0.15) is 6.04 Å². The predicted octanol–water partition coefficient (Wildman–Crippen LogP) is 0.784. The van der Waals surface area contributed by atoms with Gasteiger partial charge in [0.25, 0.3) is 0 Å². The second-order valence-corrected chi connectivity index (χ2v) is 6.52. The summed E-state index contributed by atoms with van der Waals surface area (Å²) in [5.74, 6) is -0.145. The predicted molar refractivity (Wildman–Crippen MR) is 69.1 cm³/mol. The summed E-state index contributed by atoms with van der Waals surface area (Å²) in [4.78, 5) is 25.7. The van der Waals surface area contributed by atoms with Crippen molar-refractivity contribution in [3.8, 4) is 0 Å². The molecule has 1 atom stereocenters. The first-order chi connectivity index (χ1) is 8.07. The van der Waals surface area contributed by atoms with Crippen LogP contribution < -0.4 is 5.32 Å². The Bertz CT molecular complexity index is 345. The fourth-order valence-corrected chi connectivity index (χ4v) is 1.95. The summed E-state index contributed by atoms with van der Waals surface area (Å²) in [5, 5.41) is 2.77. The Kier molecular flexibility index (Phi) is 4.05. The summed E-state index contributed by atoms with van der Waals surface area (Å²) >= 11 is 0. The molecule has 104 valence electrons. The number of ether oxygens (including phenoxy) is 1. The third-order valence-electron chi connectivity index (χ3n) is 3.19. The van der Waals surface area contributed by atoms with Crippen molar-refractivity contribution >= 4 is 11.8 Å². The molecule has 1 rings (SSSR count). The van der Waals surface area contributed by atoms with Crippen LogP contribution in [0, 0.1) is 5.41 Å². The zero-order valence-corrected chi connectivity index (χ0v) is 12.2. The standard InChI is InChI=1S/C13H24N2O3/c1-12(2,3)10-11(17)15(7-9(16)14-10)8-13(4,5)18-6/h10H,7-8H2,1-6H3,(H,14,16). The normalized spacial score (nSPS) is 22.1. The van der Waals surface area contributed by atoms with Gasteiger partial charge in [0.05, 0.1) is 12.1 Å². The van der Waals surface area contributed by atoms with Crippen LogP contribution in [0.2, 0.25) is 0 Å². The van der Waals surface area contributed by atoms with Crippen LogP contribution >= 0.6 is 0 Å². The Morgan fingerprint density at radius 1 is 1.28 bits per heavy atom. The molecule has 0 radical (unpaired) electrons. The summed E-state index contributed by atoms with van der Waals surface area (Å²) in [5.41, 5.74) is -0.738. The maximum absolute atomic E-state index is 12.4. The van der Waals surface area contributed by atoms with E-state index in [0.717, 1.165) is 0 Å². The lowest BCUT2D eigenvalue weighted by Gasteiger charge is -2.41. The molecule has 1 saturated heterocycles. The molecule has 1 heterocycles. The van der Waals surface area contributed by atoms with E-state index in [9.17, 15) is 9.59 Å². The molecular weight excluding hydrogens is 232 g/mol. The highest BCUT2D eigenvalue weighted by atomic mass is 16.5. The van der Waals surface area contributed by atoms with Gasteiger partial charge in [0.15, 0.2) is 0 Å². The molecule has 0 spiro atoms. The zero-order valence-electron chi connectivity index (χ0n) is 12.2. The molecule has 18 heavy (non-hydrogen) atoms. The van der Waals surface area contributed by atoms with E-state index in [0.29, 0.717) is 6.54 Å². The minimum Gasteiger partial charge on any atom is -0.377 e. The van der Waals surface area contributed by atoms with Crippen LogP contribution in [0.15, 0.2) is 0 Å². The number of carbonyl (C=O) groups is 2. The molecule has 1 unspecified atom stereocenters. The fraction of sp³-hybridized carbons (Fsp3) is 0.846. The average molecular weight is 256 g/mol. The first-order valence-corrected chi connectivity index (χ1v) is 6.20. The van der Waals surface area contributed by atoms with Crippen LogP contribution in [0.4, 0.5) is 0 Å². The number of nitrogens with one attached hydrogen (secondary N) is 1. The van der Waals surface area contributed by atoms with Crippen molar-refractivity contribution in [1.82, 2.24) is 10.2 Å². The molecule has 2 amide bonds. The van der Waals surface area contributed by atoms with Crippen molar-refractivity contribution in [3.63, 3.8) is 0 Å². The van der Waals surface area contributed by atoms with E-state index in [-0.39, 0.29) is 23.8 Å². The van der Waals surface area contributed by atoms with Gasteiger partial charge in [-0.1, -0.05) is 20.8 Å². The van der Waals surface area contributed by atoms with Crippen molar-refractivity contribution in [3.05, 3.63) is 0 Å². The second-order valence-electron chi connectivity index (χ2n) is 6.52. The molecular formula is C13H24N2O3. The van der Waals surface area contributed by atoms with Gasteiger partial charge < -0.3 is 15.0 Å². The quantitative estimate of drug-likeness (QED) is 0.812. The van der Waals surface area contributed by atoms with E-state index >= 15 is 0 Å². The SMILES string of the molecule is COC(C)(C)CN1CC(=O)NC(C(C)(C)C)C1=O. The van der Waals surface area contributed by atoms with E-state index in [1.54, 1.807) is 12.0 Å². The number of rotatable bonds is 3. The van der Waals surface area contributed by atoms with E-state index in [2.05, 4.69) is 5.32 Å². The Morgan fingerprint density at radius 3 is 2.28 bits per heavy atom. The number of hydrogen-bond acceptors (Lipinski definition) is 3. The van der Waals surface area contributed by atoms with Crippen LogP contribution in [-0.4, -0.2) is 48.6 Å². The van der Waals surface area contributed by atoms with Crippen molar-refractivity contribution in [2.75, 3.05) is 20.2 Å². The highest BCUT2D eigenvalue weighted by Gasteiger charge is 2.41. The Hall–Kier alpha value is -1.10. The highest BCUT2D eigenvalue weighted by molar-refractivity contribution is 5.95. The fourth-order valence-electron chi connectivity index (χ4n) is 1.95. The van der Waals surface area contributed by atoms with Gasteiger partial charge in [-0.05, 0) is 19.3 Å². The van der Waals surface area contributed by atoms with Gasteiger partial charge in [-0.2, -0.15) is 0 Å². The van der Waals surface area contributed by atoms with E-state index in [1.807, 2.05) is 34.6 Å². The Morgan fingerprint density at radius 2 is 1.83 bits per heavy atom. The third-order valence-corrected chi connectivity index (χ3v) is 3.19. The van der Waals surface area contributed by atoms with Crippen LogP contribution in [0.1, 0.15) is 34.6 Å². The van der Waals surface area contributed by atoms with Crippen molar-refractivity contribution < 1.29 is 14.3 Å². The summed E-state index contributed by atoms with van der Waals surface area (Å²) < 4.78 is 5.32. The molecule has 0 aromatic rings. The number of amides is 2. The van der Waals surface area contributed by atoms with Crippen LogP contribution in [0.5, 0.6) is 0 Å². The van der Waals surface area contributed by atoms with Gasteiger partial charge in [0.2, 0.25) is 11.8 Å². The molecule has 0 aromatic heterocycles. The molecule has 5 heteroatoms. The van der Waals surface area contributed by atoms with Crippen LogP contribution in [0.3, 0.4) is 0 Å². The lowest BCUT2D eigenvalue weighted by Crippen LogP contribution is -2.63. The number of methoxy groups -OCH3 is 1. The molecule has 0 aromatic carbocycles. The van der Waals surface area contributed by atoms with E-state index in [4.69, 9.17) is 4.74 Å². The van der Waals surface area contributed by atoms with Crippen LogP contribution in [-0.2, 0) is 14.3 Å². The molecule has 0 aliphatic carbocycles. The largest absolute Gasteiger partial charge is 0.377 e. The third kappa shape index (κ3) is 3.45. The van der Waals surface area contributed by atoms with Gasteiger partial charge >= 0.3 is 0 Å². The van der Waals surface area contributed by atoms with Crippen molar-refractivity contribution in [1.29, 1.82) is 0 Å². The first-order valence-electron chi connectivity index (χ1n) is 6.20. The number of hydrogen-bond donors (Lipinski definition) is 1. The number of piperazine rings is 1. The van der Waals surface area contributed by atoms with Crippen molar-refractivity contribution in [2.24, 2.45) is 5.41 Å².